The summed E-state index contributed by atoms with van der Waals surface area (Å²) in [5, 5.41) is 0.272. The van der Waals surface area contributed by atoms with E-state index < -0.39 is 8.32 Å². The van der Waals surface area contributed by atoms with Gasteiger partial charge in [0.2, 0.25) is 0 Å². The Balaban J connectivity index is 2.06. The van der Waals surface area contributed by atoms with Gasteiger partial charge in [-0.05, 0) is 87.3 Å². The molecule has 1 fully saturated rings. The molecule has 0 bridgehead atoms. The molecule has 0 aliphatic heterocycles. The maximum atomic E-state index is 6.39. The van der Waals surface area contributed by atoms with Gasteiger partial charge in [0.25, 0.3) is 0 Å². The molecule has 2 rings (SSSR count). The first-order valence-electron chi connectivity index (χ1n) is 11.5. The van der Waals surface area contributed by atoms with Gasteiger partial charge in [-0.25, -0.2) is 0 Å². The maximum absolute atomic E-state index is 6.39. The van der Waals surface area contributed by atoms with Crippen LogP contribution in [-0.4, -0.2) is 22.0 Å². The molecule has 1 saturated carbocycles. The number of rotatable bonds is 8. The first kappa shape index (κ1) is 24.8. The number of hydrogen-bond acceptors (Lipinski definition) is 2. The summed E-state index contributed by atoms with van der Waals surface area (Å²) >= 11 is 0. The Morgan fingerprint density at radius 3 is 2.43 bits per heavy atom. The lowest BCUT2D eigenvalue weighted by molar-refractivity contribution is 0.251. The lowest BCUT2D eigenvalue weighted by atomic mass is 9.72. The Labute approximate surface area is 186 Å². The Morgan fingerprint density at radius 1 is 1.20 bits per heavy atom. The average molecular weight is 427 g/mol. The fraction of sp³-hybridized carbons (Fsp3) is 0.630. The van der Waals surface area contributed by atoms with E-state index in [1.54, 1.807) is 7.11 Å². The summed E-state index contributed by atoms with van der Waals surface area (Å²) < 4.78 is 11.7. The van der Waals surface area contributed by atoms with Gasteiger partial charge in [0.05, 0.1) is 7.11 Å². The minimum Gasteiger partial charge on any atom is -0.497 e. The Bertz CT molecular complexity index is 761. The lowest BCUT2D eigenvalue weighted by Gasteiger charge is -2.36. The SMILES string of the molecule is C=C(C)[C@H]1CCC[C@]1(C#Cc1ccc(OC)cc1)CCCCO[Si](C)(C)C(C)(C)C. The molecule has 1 aromatic carbocycles. The summed E-state index contributed by atoms with van der Waals surface area (Å²) in [6.07, 6.45) is 7.05. The topological polar surface area (TPSA) is 18.5 Å². The van der Waals surface area contributed by atoms with Crippen molar-refractivity contribution in [3.05, 3.63) is 42.0 Å². The van der Waals surface area contributed by atoms with Gasteiger partial charge < -0.3 is 9.16 Å². The molecule has 0 spiro atoms. The summed E-state index contributed by atoms with van der Waals surface area (Å²) in [5.74, 6) is 8.58. The van der Waals surface area contributed by atoms with E-state index >= 15 is 0 Å². The summed E-state index contributed by atoms with van der Waals surface area (Å²) in [6.45, 7) is 18.9. The standard InChI is InChI=1S/C27H42O2Si/c1-22(2)25-12-11-19-27(25,20-17-23-13-15-24(28-6)16-14-23)18-9-10-21-29-30(7,8)26(3,4)5/h13-16,25H,1,9-12,18-19,21H2,2-8H3/t25-,27+/m1/s1. The largest absolute Gasteiger partial charge is 0.497 e. The first-order chi connectivity index (χ1) is 14.0. The second-order valence-corrected chi connectivity index (χ2v) is 15.3. The highest BCUT2D eigenvalue weighted by molar-refractivity contribution is 6.74. The molecule has 0 heterocycles. The molecule has 0 saturated heterocycles. The zero-order chi connectivity index (χ0) is 22.4. The van der Waals surface area contributed by atoms with Crippen LogP contribution < -0.4 is 4.74 Å². The van der Waals surface area contributed by atoms with Crippen molar-refractivity contribution in [1.29, 1.82) is 0 Å². The van der Waals surface area contributed by atoms with Crippen LogP contribution >= 0.6 is 0 Å². The van der Waals surface area contributed by atoms with E-state index in [9.17, 15) is 0 Å². The van der Waals surface area contributed by atoms with E-state index in [-0.39, 0.29) is 10.5 Å². The molecule has 1 aromatic rings. The summed E-state index contributed by atoms with van der Waals surface area (Å²) in [5.41, 5.74) is 2.40. The number of allylic oxidation sites excluding steroid dienone is 1. The fourth-order valence-corrected chi connectivity index (χ4v) is 5.35. The molecule has 2 nitrogen and oxygen atoms in total. The molecule has 0 aromatic heterocycles. The fourth-order valence-electron chi connectivity index (χ4n) is 4.26. The van der Waals surface area contributed by atoms with Crippen molar-refractivity contribution >= 4 is 8.32 Å². The van der Waals surface area contributed by atoms with Gasteiger partial charge in [-0.2, -0.15) is 0 Å². The van der Waals surface area contributed by atoms with Crippen LogP contribution in [0.15, 0.2) is 36.4 Å². The van der Waals surface area contributed by atoms with Gasteiger partial charge in [0, 0.05) is 17.6 Å². The zero-order valence-corrected chi connectivity index (χ0v) is 21.4. The number of unbranched alkanes of at least 4 members (excludes halogenated alkanes) is 1. The Kier molecular flexibility index (Phi) is 8.42. The highest BCUT2D eigenvalue weighted by atomic mass is 28.4. The van der Waals surface area contributed by atoms with E-state index in [0.717, 1.165) is 37.2 Å². The van der Waals surface area contributed by atoms with E-state index in [4.69, 9.17) is 9.16 Å². The highest BCUT2D eigenvalue weighted by Gasteiger charge is 2.41. The summed E-state index contributed by atoms with van der Waals surface area (Å²) in [7, 11) is 0.0390. The lowest BCUT2D eigenvalue weighted by Crippen LogP contribution is -2.41. The molecular weight excluding hydrogens is 384 g/mol. The van der Waals surface area contributed by atoms with Crippen molar-refractivity contribution in [3.8, 4) is 17.6 Å². The van der Waals surface area contributed by atoms with E-state index in [1.807, 2.05) is 12.1 Å². The predicted molar refractivity (Wildman–Crippen MR) is 131 cm³/mol. The minimum atomic E-state index is -1.66. The number of methoxy groups -OCH3 is 1. The van der Waals surface area contributed by atoms with Crippen LogP contribution in [0.5, 0.6) is 5.75 Å². The third-order valence-corrected chi connectivity index (χ3v) is 11.7. The van der Waals surface area contributed by atoms with Gasteiger partial charge in [-0.1, -0.05) is 51.2 Å². The molecule has 0 radical (unpaired) electrons. The van der Waals surface area contributed by atoms with Crippen LogP contribution in [0.2, 0.25) is 18.1 Å². The van der Waals surface area contributed by atoms with Crippen molar-refractivity contribution in [2.45, 2.75) is 84.4 Å². The molecule has 3 heteroatoms. The number of hydrogen-bond donors (Lipinski definition) is 0. The molecule has 2 atom stereocenters. The Morgan fingerprint density at radius 2 is 1.87 bits per heavy atom. The van der Waals surface area contributed by atoms with Gasteiger partial charge in [-0.3, -0.25) is 0 Å². The molecule has 0 N–H and O–H groups in total. The van der Waals surface area contributed by atoms with Crippen LogP contribution in [-0.2, 0) is 4.43 Å². The van der Waals surface area contributed by atoms with E-state index in [2.05, 4.69) is 71.3 Å². The molecule has 166 valence electrons. The van der Waals surface area contributed by atoms with Crippen molar-refractivity contribution in [2.24, 2.45) is 11.3 Å². The van der Waals surface area contributed by atoms with Gasteiger partial charge in [-0.15, -0.1) is 0 Å². The zero-order valence-electron chi connectivity index (χ0n) is 20.4. The van der Waals surface area contributed by atoms with Gasteiger partial charge >= 0.3 is 0 Å². The number of benzene rings is 1. The summed E-state index contributed by atoms with van der Waals surface area (Å²) in [4.78, 5) is 0. The third kappa shape index (κ3) is 6.25. The quantitative estimate of drug-likeness (QED) is 0.184. The predicted octanol–water partition coefficient (Wildman–Crippen LogP) is 7.60. The second kappa shape index (κ2) is 10.2. The van der Waals surface area contributed by atoms with Crippen LogP contribution in [0, 0.1) is 23.2 Å². The van der Waals surface area contributed by atoms with Gasteiger partial charge in [0.1, 0.15) is 5.75 Å². The second-order valence-electron chi connectivity index (χ2n) is 10.5. The number of ether oxygens (including phenoxy) is 1. The van der Waals surface area contributed by atoms with Crippen LogP contribution in [0.1, 0.15) is 71.8 Å². The van der Waals surface area contributed by atoms with Crippen LogP contribution in [0.25, 0.3) is 0 Å². The Hall–Kier alpha value is -1.50. The molecule has 1 aliphatic carbocycles. The van der Waals surface area contributed by atoms with E-state index in [0.29, 0.717) is 5.92 Å². The highest BCUT2D eigenvalue weighted by Crippen LogP contribution is 2.49. The smallest absolute Gasteiger partial charge is 0.191 e. The van der Waals surface area contributed by atoms with Crippen molar-refractivity contribution in [1.82, 2.24) is 0 Å². The normalized spacial score (nSPS) is 21.8. The first-order valence-corrected chi connectivity index (χ1v) is 14.4. The molecule has 0 unspecified atom stereocenters. The van der Waals surface area contributed by atoms with Crippen molar-refractivity contribution in [3.63, 3.8) is 0 Å². The molecular formula is C27H42O2Si. The van der Waals surface area contributed by atoms with Crippen LogP contribution in [0.3, 0.4) is 0 Å². The van der Waals surface area contributed by atoms with Gasteiger partial charge in [0.15, 0.2) is 8.32 Å². The molecule has 0 amide bonds. The summed E-state index contributed by atoms with van der Waals surface area (Å²) in [6, 6.07) is 8.08. The third-order valence-electron chi connectivity index (χ3n) is 7.21. The molecule has 30 heavy (non-hydrogen) atoms. The average Bonchev–Trinajstić information content (AvgIpc) is 3.10. The van der Waals surface area contributed by atoms with Crippen molar-refractivity contribution in [2.75, 3.05) is 13.7 Å². The molecule has 1 aliphatic rings. The van der Waals surface area contributed by atoms with Crippen LogP contribution in [0.4, 0.5) is 0 Å². The van der Waals surface area contributed by atoms with E-state index in [1.165, 1.54) is 24.8 Å². The van der Waals surface area contributed by atoms with Crippen molar-refractivity contribution < 1.29 is 9.16 Å². The monoisotopic (exact) mass is 426 g/mol. The maximum Gasteiger partial charge on any atom is 0.191 e. The minimum absolute atomic E-state index is 0.0583.